The van der Waals surface area contributed by atoms with Gasteiger partial charge < -0.3 is 59.6 Å². The maximum absolute atomic E-state index is 12.4. The van der Waals surface area contributed by atoms with Gasteiger partial charge in [-0.2, -0.15) is 0 Å². The van der Waals surface area contributed by atoms with Crippen LogP contribution >= 0.6 is 29.9 Å². The first kappa shape index (κ1) is 61.7. The number of nitrogens with zero attached hydrogens (tertiary/aromatic N) is 2. The Kier molecular flexibility index (Phi) is 28.6. The highest BCUT2D eigenvalue weighted by Crippen LogP contribution is 2.36. The van der Waals surface area contributed by atoms with E-state index in [4.69, 9.17) is 34.3 Å². The molecular formula is C52H63IN3O14PS. The van der Waals surface area contributed by atoms with Gasteiger partial charge in [-0.25, -0.2) is 0 Å². The van der Waals surface area contributed by atoms with E-state index in [1.165, 1.54) is 24.3 Å². The Bertz CT molecular complexity index is 2500. The Morgan fingerprint density at radius 2 is 1.06 bits per heavy atom. The van der Waals surface area contributed by atoms with E-state index in [1.54, 1.807) is 49.3 Å². The molecule has 388 valence electrons. The van der Waals surface area contributed by atoms with Crippen LogP contribution in [-0.2, 0) is 26.2 Å². The molecule has 3 saturated heterocycles. The van der Waals surface area contributed by atoms with E-state index in [1.807, 2.05) is 73.4 Å². The summed E-state index contributed by atoms with van der Waals surface area (Å²) in [6.07, 6.45) is 4.59. The number of hydrogen-bond acceptors (Lipinski definition) is 15. The van der Waals surface area contributed by atoms with Gasteiger partial charge in [0.05, 0.1) is 78.7 Å². The highest BCUT2D eigenvalue weighted by atomic mass is 127. The number of carbonyl (C=O) groups excluding carboxylic acids is 5. The molecule has 0 radical (unpaired) electrons. The van der Waals surface area contributed by atoms with Crippen molar-refractivity contribution in [3.63, 3.8) is 0 Å². The van der Waals surface area contributed by atoms with E-state index in [0.717, 1.165) is 28.8 Å². The standard InChI is InChI=1S/C19H19NO5.C12H15NO3.C7H7IO.C7H6O3.C5H9NO2.CH3PS.CH4/c1-24-18-7-3-2-5-15(18)20-13(9-10-19(20)23)12-25-17-8-4-6-16(22)14(17)11-21;1-16-11-5-3-2-4-10(11)13-9(8-14)6-7-12(13)15;1-9-7-5-3-2-4-6(7)8;8-4-5-6(9)2-1-3-7(5)10;7-3-4-1-2-5(8)6-4;1-2-3;/h2-8,11,13,22H,9-10,12H2,1H3;2-5,9,14H,6-8H2,1H3;2-5H,1H3;1-4,9-10H;4,7H,1-3H2,(H,6,8);1H3;1H4/t13-;9-;;;4-;;/m00..0../s1. The fraction of sp³-hybridized carbons (Fsp3) is 0.327. The fourth-order valence-electron chi connectivity index (χ4n) is 7.19. The van der Waals surface area contributed by atoms with Crippen molar-refractivity contribution >= 4 is 83.4 Å². The van der Waals surface area contributed by atoms with Crippen molar-refractivity contribution in [1.29, 1.82) is 0 Å². The molecular weight excluding hydrogens is 1080 g/mol. The number of rotatable bonds is 12. The van der Waals surface area contributed by atoms with Crippen LogP contribution in [0.5, 0.6) is 40.2 Å². The largest absolute Gasteiger partial charge is 0.507 e. The molecule has 20 heteroatoms. The third-order valence-corrected chi connectivity index (χ3v) is 11.6. The minimum Gasteiger partial charge on any atom is -0.507 e. The number of anilines is 2. The van der Waals surface area contributed by atoms with Crippen LogP contribution < -0.4 is 34.1 Å². The topological polar surface area (TPSA) is 242 Å². The van der Waals surface area contributed by atoms with Crippen LogP contribution in [0.4, 0.5) is 11.4 Å². The number of halogens is 1. The number of phenols is 3. The third kappa shape index (κ3) is 18.3. The number of ether oxygens (including phenoxy) is 4. The second-order valence-corrected chi connectivity index (χ2v) is 17.8. The number of nitrogens with one attached hydrogen (secondary N) is 1. The summed E-state index contributed by atoms with van der Waals surface area (Å²) in [5.74, 6) is 2.11. The van der Waals surface area contributed by atoms with E-state index in [0.29, 0.717) is 67.6 Å². The fourth-order valence-corrected chi connectivity index (χ4v) is 7.79. The van der Waals surface area contributed by atoms with E-state index in [-0.39, 0.29) is 91.5 Å². The minimum absolute atomic E-state index is 0. The van der Waals surface area contributed by atoms with Crippen LogP contribution in [-0.4, -0.2) is 122 Å². The van der Waals surface area contributed by atoms with Crippen LogP contribution in [0.1, 0.15) is 66.7 Å². The maximum Gasteiger partial charge on any atom is 0.227 e. The smallest absolute Gasteiger partial charge is 0.227 e. The summed E-state index contributed by atoms with van der Waals surface area (Å²) in [6, 6.07) is 31.1. The molecule has 3 heterocycles. The Labute approximate surface area is 440 Å². The lowest BCUT2D eigenvalue weighted by molar-refractivity contribution is -0.119. The number of methoxy groups -OCH3 is 3. The summed E-state index contributed by atoms with van der Waals surface area (Å²) in [7, 11) is 5.82. The molecule has 3 aliphatic rings. The summed E-state index contributed by atoms with van der Waals surface area (Å²) in [5.41, 5.74) is 1.48. The van der Waals surface area contributed by atoms with Crippen molar-refractivity contribution in [2.24, 2.45) is 0 Å². The molecule has 5 aromatic carbocycles. The summed E-state index contributed by atoms with van der Waals surface area (Å²) in [4.78, 5) is 59.1. The van der Waals surface area contributed by atoms with Gasteiger partial charge in [-0.05, 0) is 117 Å². The molecule has 72 heavy (non-hydrogen) atoms. The first-order valence-electron chi connectivity index (χ1n) is 22.0. The van der Waals surface area contributed by atoms with Gasteiger partial charge in [0.2, 0.25) is 17.7 Å². The van der Waals surface area contributed by atoms with E-state index < -0.39 is 0 Å². The predicted molar refractivity (Wildman–Crippen MR) is 289 cm³/mol. The molecule has 0 unspecified atom stereocenters. The third-order valence-electron chi connectivity index (χ3n) is 10.7. The highest BCUT2D eigenvalue weighted by molar-refractivity contribution is 14.1. The van der Waals surface area contributed by atoms with Crippen LogP contribution in [0.25, 0.3) is 0 Å². The number of aromatic hydroxyl groups is 3. The van der Waals surface area contributed by atoms with Gasteiger partial charge in [-0.1, -0.05) is 67.8 Å². The van der Waals surface area contributed by atoms with Crippen molar-refractivity contribution in [3.8, 4) is 40.2 Å². The van der Waals surface area contributed by atoms with Crippen LogP contribution in [0.3, 0.4) is 0 Å². The Hall–Kier alpha value is -6.38. The number of aliphatic hydroxyl groups is 2. The monoisotopic (exact) mass is 1140 g/mol. The van der Waals surface area contributed by atoms with Crippen molar-refractivity contribution in [3.05, 3.63) is 124 Å². The van der Waals surface area contributed by atoms with Crippen molar-refractivity contribution < 1.29 is 68.5 Å². The van der Waals surface area contributed by atoms with Gasteiger partial charge in [0, 0.05) is 19.3 Å². The van der Waals surface area contributed by atoms with E-state index in [2.05, 4.69) is 39.7 Å². The SMILES string of the molecule is C.COc1ccccc1I.COc1ccccc1N1C(=O)CC[C@H]1CO.COc1ccccc1N1C(=O)CC[C@H]1COc1cccc(O)c1C=O.CP=S.O=C1CC[C@@H](CO)N1.O=Cc1c(O)cccc1O. The molecule has 0 aliphatic carbocycles. The van der Waals surface area contributed by atoms with E-state index in [9.17, 15) is 34.2 Å². The van der Waals surface area contributed by atoms with Crippen molar-refractivity contribution in [2.45, 2.75) is 64.1 Å². The molecule has 3 amide bonds. The van der Waals surface area contributed by atoms with Gasteiger partial charge >= 0.3 is 0 Å². The van der Waals surface area contributed by atoms with Crippen LogP contribution in [0.2, 0.25) is 0 Å². The van der Waals surface area contributed by atoms with Crippen molar-refractivity contribution in [1.82, 2.24) is 5.32 Å². The quantitative estimate of drug-likeness (QED) is 0.0393. The van der Waals surface area contributed by atoms with Crippen molar-refractivity contribution in [2.75, 3.05) is 57.6 Å². The number of aldehydes is 2. The number of aliphatic hydroxyl groups excluding tert-OH is 2. The van der Waals surface area contributed by atoms with Gasteiger partial charge in [0.25, 0.3) is 0 Å². The lowest BCUT2D eigenvalue weighted by Crippen LogP contribution is -2.37. The predicted octanol–water partition coefficient (Wildman–Crippen LogP) is 8.10. The maximum atomic E-state index is 12.4. The molecule has 3 aliphatic heterocycles. The lowest BCUT2D eigenvalue weighted by atomic mass is 10.2. The summed E-state index contributed by atoms with van der Waals surface area (Å²) in [6.45, 7) is 2.19. The van der Waals surface area contributed by atoms with Gasteiger partial charge in [-0.3, -0.25) is 24.0 Å². The molecule has 0 saturated carbocycles. The summed E-state index contributed by atoms with van der Waals surface area (Å²) in [5, 5.41) is 47.9. The molecule has 3 atom stereocenters. The van der Waals surface area contributed by atoms with Crippen LogP contribution in [0.15, 0.2) is 109 Å². The molecule has 0 spiro atoms. The van der Waals surface area contributed by atoms with E-state index >= 15 is 0 Å². The number of benzene rings is 5. The number of hydrogen-bond donors (Lipinski definition) is 6. The molecule has 5 aromatic rings. The number of para-hydroxylation sites is 5. The Morgan fingerprint density at radius 1 is 0.625 bits per heavy atom. The summed E-state index contributed by atoms with van der Waals surface area (Å²) < 4.78 is 22.5. The van der Waals surface area contributed by atoms with Crippen LogP contribution in [0, 0.1) is 3.57 Å². The first-order chi connectivity index (χ1) is 34.3. The highest BCUT2D eigenvalue weighted by Gasteiger charge is 2.35. The Morgan fingerprint density at radius 3 is 1.46 bits per heavy atom. The first-order valence-corrected chi connectivity index (χ1v) is 25.5. The average molecular weight is 1140 g/mol. The minimum atomic E-state index is -0.199. The second kappa shape index (κ2) is 33.3. The average Bonchev–Trinajstić information content (AvgIpc) is 4.10. The molecule has 8 rings (SSSR count). The molecule has 3 fully saturated rings. The summed E-state index contributed by atoms with van der Waals surface area (Å²) >= 11 is 6.60. The zero-order valence-electron chi connectivity index (χ0n) is 39.7. The van der Waals surface area contributed by atoms with Gasteiger partial charge in [-0.15, -0.1) is 0 Å². The van der Waals surface area contributed by atoms with Gasteiger partial charge in [0.15, 0.2) is 12.6 Å². The molecule has 17 nitrogen and oxygen atoms in total. The number of phenolic OH excluding ortho intramolecular Hbond substituents is 3. The number of carbonyl (C=O) groups is 5. The molecule has 6 N–H and O–H groups in total. The Balaban J connectivity index is 0.000000325. The number of amides is 3. The zero-order chi connectivity index (χ0) is 52.3. The second-order valence-electron chi connectivity index (χ2n) is 15.2. The molecule has 0 aromatic heterocycles. The molecule has 0 bridgehead atoms. The normalized spacial score (nSPS) is 16.2. The lowest BCUT2D eigenvalue weighted by Gasteiger charge is -2.26. The zero-order valence-corrected chi connectivity index (χ0v) is 43.5. The van der Waals surface area contributed by atoms with Gasteiger partial charge in [0.1, 0.15) is 46.9 Å².